The zero-order valence-electron chi connectivity index (χ0n) is 7.35. The number of nitrogens with one attached hydrogen (secondary N) is 1. The molecule has 0 amide bonds. The molecule has 0 saturated carbocycles. The number of allylic oxidation sites excluding steroid dienone is 1. The second-order valence-electron chi connectivity index (χ2n) is 3.11. The maximum Gasteiger partial charge on any atom is 0.00103 e. The van der Waals surface area contributed by atoms with Gasteiger partial charge in [-0.2, -0.15) is 0 Å². The molecular formula is C9H21N. The summed E-state index contributed by atoms with van der Waals surface area (Å²) >= 11 is 0. The minimum atomic E-state index is 0. The Hall–Kier alpha value is -0.300. The molecule has 0 aromatic carbocycles. The van der Waals surface area contributed by atoms with Crippen molar-refractivity contribution in [2.75, 3.05) is 6.54 Å². The van der Waals surface area contributed by atoms with Crippen LogP contribution in [0.3, 0.4) is 0 Å². The summed E-state index contributed by atoms with van der Waals surface area (Å²) in [5.74, 6) is 0.645. The van der Waals surface area contributed by atoms with E-state index in [0.717, 1.165) is 6.54 Å². The Bertz CT molecular complexity index is 91.6. The average molecular weight is 143 g/mol. The first kappa shape index (κ1) is 9.70. The van der Waals surface area contributed by atoms with E-state index in [1.165, 1.54) is 6.42 Å². The summed E-state index contributed by atoms with van der Waals surface area (Å²) in [5.41, 5.74) is 0. The fourth-order valence-electron chi connectivity index (χ4n) is 0.718. The van der Waals surface area contributed by atoms with Gasteiger partial charge in [0.05, 0.1) is 0 Å². The third kappa shape index (κ3) is 5.83. The maximum absolute atomic E-state index is 3.73. The van der Waals surface area contributed by atoms with Crippen LogP contribution in [0.5, 0.6) is 0 Å². The molecule has 1 unspecified atom stereocenters. The number of hydrogen-bond donors (Lipinski definition) is 1. The Kier molecular flexibility index (Phi) is 5.32. The van der Waals surface area contributed by atoms with Gasteiger partial charge in [-0.25, -0.2) is 0 Å². The van der Waals surface area contributed by atoms with Crippen molar-refractivity contribution in [3.8, 4) is 0 Å². The summed E-state index contributed by atoms with van der Waals surface area (Å²) in [6.07, 6.45) is 3.20. The van der Waals surface area contributed by atoms with Gasteiger partial charge in [0.1, 0.15) is 0 Å². The highest BCUT2D eigenvalue weighted by atomic mass is 14.9. The molecule has 0 aromatic heterocycles. The summed E-state index contributed by atoms with van der Waals surface area (Å²) < 4.78 is 0. The number of hydrogen-bond acceptors (Lipinski definition) is 1. The van der Waals surface area contributed by atoms with E-state index in [2.05, 4.69) is 32.7 Å². The predicted molar refractivity (Wildman–Crippen MR) is 49.2 cm³/mol. The van der Waals surface area contributed by atoms with Crippen LogP contribution in [0.2, 0.25) is 0 Å². The molecule has 0 aromatic rings. The fourth-order valence-corrected chi connectivity index (χ4v) is 0.718. The lowest BCUT2D eigenvalue weighted by Crippen LogP contribution is -2.24. The molecule has 0 aliphatic rings. The normalized spacial score (nSPS) is 13.6. The van der Waals surface area contributed by atoms with E-state index in [-0.39, 0.29) is 1.43 Å². The highest BCUT2D eigenvalue weighted by Crippen LogP contribution is 1.99. The molecule has 0 aliphatic heterocycles. The summed E-state index contributed by atoms with van der Waals surface area (Å²) in [6, 6.07) is 0.608. The maximum atomic E-state index is 3.73. The quantitative estimate of drug-likeness (QED) is 0.583. The van der Waals surface area contributed by atoms with Crippen LogP contribution in [-0.4, -0.2) is 12.6 Å². The molecule has 0 aliphatic carbocycles. The van der Waals surface area contributed by atoms with E-state index < -0.39 is 0 Å². The van der Waals surface area contributed by atoms with E-state index in [9.17, 15) is 0 Å². The molecule has 0 rings (SSSR count). The molecule has 1 heteroatoms. The van der Waals surface area contributed by atoms with Crippen LogP contribution in [0.1, 0.15) is 28.6 Å². The monoisotopic (exact) mass is 143 g/mol. The Morgan fingerprint density at radius 3 is 2.50 bits per heavy atom. The molecule has 0 fully saturated rings. The van der Waals surface area contributed by atoms with Gasteiger partial charge in [0, 0.05) is 7.47 Å². The Labute approximate surface area is 66.0 Å². The third-order valence-corrected chi connectivity index (χ3v) is 1.55. The van der Waals surface area contributed by atoms with E-state index >= 15 is 0 Å². The van der Waals surface area contributed by atoms with Crippen LogP contribution in [-0.2, 0) is 0 Å². The van der Waals surface area contributed by atoms with Gasteiger partial charge in [-0.3, -0.25) is 0 Å². The molecule has 0 bridgehead atoms. The smallest absolute Gasteiger partial charge is 0.00103 e. The van der Waals surface area contributed by atoms with Crippen LogP contribution >= 0.6 is 0 Å². The molecule has 0 heterocycles. The summed E-state index contributed by atoms with van der Waals surface area (Å²) in [4.78, 5) is 0. The van der Waals surface area contributed by atoms with Crippen LogP contribution in [0.25, 0.3) is 0 Å². The number of rotatable bonds is 5. The van der Waals surface area contributed by atoms with Crippen molar-refractivity contribution in [1.82, 2.24) is 5.32 Å². The molecule has 1 atom stereocenters. The second-order valence-corrected chi connectivity index (χ2v) is 3.11. The van der Waals surface area contributed by atoms with Gasteiger partial charge >= 0.3 is 0 Å². The topological polar surface area (TPSA) is 12.0 Å². The van der Waals surface area contributed by atoms with Gasteiger partial charge in [-0.05, 0) is 18.9 Å². The molecular weight excluding hydrogens is 122 g/mol. The summed E-state index contributed by atoms with van der Waals surface area (Å²) in [5, 5.41) is 3.36. The molecule has 1 N–H and O–H groups in total. The lowest BCUT2D eigenvalue weighted by molar-refractivity contribution is 0.529. The highest BCUT2D eigenvalue weighted by molar-refractivity contribution is 4.75. The lowest BCUT2D eigenvalue weighted by atomic mass is 10.1. The van der Waals surface area contributed by atoms with Gasteiger partial charge in [-0.1, -0.05) is 26.8 Å². The lowest BCUT2D eigenvalue weighted by Gasteiger charge is -2.09. The summed E-state index contributed by atoms with van der Waals surface area (Å²) in [7, 11) is 0. The molecule has 0 radical (unpaired) electrons. The van der Waals surface area contributed by atoms with Crippen LogP contribution in [0.15, 0.2) is 12.7 Å². The SMILES string of the molecule is C=CC(C)CCNC(C)C.[HH]. The Morgan fingerprint density at radius 2 is 2.10 bits per heavy atom. The third-order valence-electron chi connectivity index (χ3n) is 1.55. The van der Waals surface area contributed by atoms with Crippen molar-refractivity contribution in [3.05, 3.63) is 12.7 Å². The minimum absolute atomic E-state index is 0. The van der Waals surface area contributed by atoms with Crippen molar-refractivity contribution >= 4 is 0 Å². The minimum Gasteiger partial charge on any atom is -0.315 e. The van der Waals surface area contributed by atoms with Crippen LogP contribution < -0.4 is 5.32 Å². The standard InChI is InChI=1S/C9H19N.H2/c1-5-9(4)6-7-10-8(2)3;/h5,8-10H,1,6-7H2,2-4H3;1H. The van der Waals surface area contributed by atoms with E-state index in [1.54, 1.807) is 0 Å². The van der Waals surface area contributed by atoms with Crippen LogP contribution in [0, 0.1) is 5.92 Å². The Balaban J connectivity index is 0. The van der Waals surface area contributed by atoms with E-state index in [0.29, 0.717) is 12.0 Å². The fraction of sp³-hybridized carbons (Fsp3) is 0.778. The summed E-state index contributed by atoms with van der Waals surface area (Å²) in [6.45, 7) is 11.4. The van der Waals surface area contributed by atoms with Crippen molar-refractivity contribution in [2.45, 2.75) is 33.2 Å². The zero-order valence-corrected chi connectivity index (χ0v) is 7.35. The first-order valence-corrected chi connectivity index (χ1v) is 4.02. The Morgan fingerprint density at radius 1 is 1.50 bits per heavy atom. The molecule has 62 valence electrons. The van der Waals surface area contributed by atoms with Crippen LogP contribution in [0.4, 0.5) is 0 Å². The second kappa shape index (κ2) is 5.48. The van der Waals surface area contributed by atoms with Gasteiger partial charge < -0.3 is 5.32 Å². The molecule has 1 nitrogen and oxygen atoms in total. The molecule has 10 heavy (non-hydrogen) atoms. The highest BCUT2D eigenvalue weighted by Gasteiger charge is 1.95. The first-order valence-electron chi connectivity index (χ1n) is 4.02. The van der Waals surface area contributed by atoms with Gasteiger partial charge in [0.25, 0.3) is 0 Å². The first-order chi connectivity index (χ1) is 4.66. The van der Waals surface area contributed by atoms with E-state index in [4.69, 9.17) is 0 Å². The largest absolute Gasteiger partial charge is 0.315 e. The molecule has 0 saturated heterocycles. The van der Waals surface area contributed by atoms with Gasteiger partial charge in [-0.15, -0.1) is 6.58 Å². The van der Waals surface area contributed by atoms with Crippen molar-refractivity contribution < 1.29 is 1.43 Å². The van der Waals surface area contributed by atoms with Gasteiger partial charge in [0.2, 0.25) is 0 Å². The predicted octanol–water partition coefficient (Wildman–Crippen LogP) is 2.44. The van der Waals surface area contributed by atoms with Crippen molar-refractivity contribution in [3.63, 3.8) is 0 Å². The van der Waals surface area contributed by atoms with Gasteiger partial charge in [0.15, 0.2) is 0 Å². The zero-order chi connectivity index (χ0) is 7.98. The van der Waals surface area contributed by atoms with E-state index in [1.807, 2.05) is 6.08 Å². The van der Waals surface area contributed by atoms with Crippen molar-refractivity contribution in [1.29, 1.82) is 0 Å². The van der Waals surface area contributed by atoms with Crippen molar-refractivity contribution in [2.24, 2.45) is 5.92 Å². The average Bonchev–Trinajstić information content (AvgIpc) is 1.87. The molecule has 0 spiro atoms.